The fourth-order valence-corrected chi connectivity index (χ4v) is 2.08. The lowest BCUT2D eigenvalue weighted by Crippen LogP contribution is -2.32. The van der Waals surface area contributed by atoms with Crippen LogP contribution in [0, 0.1) is 5.92 Å². The van der Waals surface area contributed by atoms with E-state index in [9.17, 15) is 4.79 Å². The number of hydrogen-bond donors (Lipinski definition) is 2. The second-order valence-electron chi connectivity index (χ2n) is 4.88. The minimum Gasteiger partial charge on any atom is -0.453 e. The zero-order chi connectivity index (χ0) is 15.7. The van der Waals surface area contributed by atoms with Gasteiger partial charge in [0.1, 0.15) is 0 Å². The van der Waals surface area contributed by atoms with Crippen LogP contribution in [0.1, 0.15) is 6.92 Å². The summed E-state index contributed by atoms with van der Waals surface area (Å²) in [5.74, 6) is 0.168. The van der Waals surface area contributed by atoms with Gasteiger partial charge in [-0.1, -0.05) is 36.8 Å². The Hall–Kier alpha value is -1.46. The first-order valence-electron chi connectivity index (χ1n) is 7.01. The highest BCUT2D eigenvalue weighted by Crippen LogP contribution is 2.19. The molecular formula is C15H24ClN3O2. The molecule has 0 aliphatic carbocycles. The minimum atomic E-state index is -0.421. The Morgan fingerprint density at radius 2 is 2.33 bits per heavy atom. The van der Waals surface area contributed by atoms with E-state index in [1.54, 1.807) is 0 Å². The van der Waals surface area contributed by atoms with Crippen LogP contribution in [0.2, 0.25) is 0 Å². The summed E-state index contributed by atoms with van der Waals surface area (Å²) in [7, 11) is 3.28. The molecule has 1 atom stereocenters. The summed E-state index contributed by atoms with van der Waals surface area (Å²) in [6.07, 6.45) is 7.88. The zero-order valence-corrected chi connectivity index (χ0v) is 13.6. The van der Waals surface area contributed by atoms with Crippen LogP contribution < -0.4 is 10.6 Å². The number of alkyl carbamates (subject to hydrolysis) is 1. The number of carbonyl (C=O) groups excluding carboxylic acids is 1. The fourth-order valence-electron chi connectivity index (χ4n) is 1.87. The van der Waals surface area contributed by atoms with Crippen LogP contribution in [0.5, 0.6) is 0 Å². The van der Waals surface area contributed by atoms with Gasteiger partial charge in [0.15, 0.2) is 0 Å². The number of rotatable bonds is 5. The highest BCUT2D eigenvalue weighted by Gasteiger charge is 2.09. The third-order valence-corrected chi connectivity index (χ3v) is 3.60. The van der Waals surface area contributed by atoms with Crippen LogP contribution in [0.25, 0.3) is 0 Å². The Bertz CT molecular complexity index is 433. The first-order valence-corrected chi connectivity index (χ1v) is 7.39. The van der Waals surface area contributed by atoms with E-state index in [-0.39, 0.29) is 5.92 Å². The number of ether oxygens (including phenoxy) is 1. The lowest BCUT2D eigenvalue weighted by molar-refractivity contribution is 0.170. The number of nitrogens with one attached hydrogen (secondary N) is 2. The van der Waals surface area contributed by atoms with Crippen molar-refractivity contribution in [1.82, 2.24) is 15.5 Å². The summed E-state index contributed by atoms with van der Waals surface area (Å²) < 4.78 is 4.55. The first kappa shape index (κ1) is 17.6. The van der Waals surface area contributed by atoms with Gasteiger partial charge in [0.05, 0.1) is 7.11 Å². The monoisotopic (exact) mass is 313 g/mol. The van der Waals surface area contributed by atoms with Gasteiger partial charge in [0.25, 0.3) is 0 Å². The second-order valence-corrected chi connectivity index (χ2v) is 5.32. The Morgan fingerprint density at radius 3 is 3.00 bits per heavy atom. The Balaban J connectivity index is 2.70. The van der Waals surface area contributed by atoms with Crippen molar-refractivity contribution in [2.45, 2.75) is 6.92 Å². The largest absolute Gasteiger partial charge is 0.453 e. The molecule has 6 heteroatoms. The van der Waals surface area contributed by atoms with Crippen LogP contribution in [0.15, 0.2) is 35.0 Å². The third-order valence-electron chi connectivity index (χ3n) is 3.16. The van der Waals surface area contributed by atoms with Crippen molar-refractivity contribution in [3.05, 3.63) is 35.0 Å². The maximum atomic E-state index is 11.1. The fraction of sp³-hybridized carbons (Fsp3) is 0.533. The van der Waals surface area contributed by atoms with Gasteiger partial charge in [0.2, 0.25) is 0 Å². The van der Waals surface area contributed by atoms with E-state index >= 15 is 0 Å². The molecule has 0 saturated heterocycles. The van der Waals surface area contributed by atoms with Gasteiger partial charge < -0.3 is 20.3 Å². The lowest BCUT2D eigenvalue weighted by Gasteiger charge is -2.20. The van der Waals surface area contributed by atoms with Crippen LogP contribution in [-0.4, -0.2) is 51.3 Å². The van der Waals surface area contributed by atoms with Gasteiger partial charge in [-0.25, -0.2) is 4.79 Å². The van der Waals surface area contributed by atoms with Gasteiger partial charge in [-0.3, -0.25) is 0 Å². The van der Waals surface area contributed by atoms with Gasteiger partial charge in [-0.2, -0.15) is 0 Å². The molecule has 0 aromatic heterocycles. The van der Waals surface area contributed by atoms with Crippen LogP contribution in [0.3, 0.4) is 0 Å². The van der Waals surface area contributed by atoms with E-state index in [1.165, 1.54) is 12.7 Å². The molecule has 0 aromatic carbocycles. The molecule has 0 spiro atoms. The average molecular weight is 314 g/mol. The second kappa shape index (κ2) is 9.47. The quantitative estimate of drug-likeness (QED) is 0.816. The number of amides is 1. The molecule has 21 heavy (non-hydrogen) atoms. The van der Waals surface area contributed by atoms with E-state index < -0.39 is 6.09 Å². The van der Waals surface area contributed by atoms with Crippen LogP contribution >= 0.6 is 11.6 Å². The van der Waals surface area contributed by atoms with Gasteiger partial charge in [0, 0.05) is 43.3 Å². The van der Waals surface area contributed by atoms with Crippen molar-refractivity contribution in [2.75, 3.05) is 40.3 Å². The molecule has 0 saturated carbocycles. The zero-order valence-electron chi connectivity index (χ0n) is 12.9. The van der Waals surface area contributed by atoms with E-state index in [2.05, 4.69) is 45.4 Å². The van der Waals surface area contributed by atoms with E-state index in [1.807, 2.05) is 13.2 Å². The smallest absolute Gasteiger partial charge is 0.406 e. The Labute approximate surface area is 131 Å². The number of allylic oxidation sites excluding steroid dienone is 2. The molecule has 1 aliphatic heterocycles. The van der Waals surface area contributed by atoms with Crippen molar-refractivity contribution in [1.29, 1.82) is 0 Å². The molecule has 1 unspecified atom stereocenters. The SMILES string of the molecule is CNCC1=C/CN(CCNC(=O)OC)/C=C(/Cl)C(C)/C=C\1. The van der Waals surface area contributed by atoms with E-state index in [0.29, 0.717) is 13.1 Å². The van der Waals surface area contributed by atoms with Crippen molar-refractivity contribution in [2.24, 2.45) is 5.92 Å². The normalized spacial score (nSPS) is 25.5. The van der Waals surface area contributed by atoms with Crippen molar-refractivity contribution in [3.63, 3.8) is 0 Å². The first-order chi connectivity index (χ1) is 10.1. The highest BCUT2D eigenvalue weighted by atomic mass is 35.5. The van der Waals surface area contributed by atoms with Gasteiger partial charge in [-0.15, -0.1) is 0 Å². The molecule has 1 heterocycles. The Morgan fingerprint density at radius 1 is 1.57 bits per heavy atom. The molecule has 0 bridgehead atoms. The molecule has 118 valence electrons. The average Bonchev–Trinajstić information content (AvgIpc) is 2.53. The molecule has 5 nitrogen and oxygen atoms in total. The maximum Gasteiger partial charge on any atom is 0.406 e. The van der Waals surface area contributed by atoms with Gasteiger partial charge >= 0.3 is 6.09 Å². The Kier molecular flexibility index (Phi) is 7.93. The molecule has 2 N–H and O–H groups in total. The predicted octanol–water partition coefficient (Wildman–Crippen LogP) is 2.08. The highest BCUT2D eigenvalue weighted by molar-refractivity contribution is 6.29. The van der Waals surface area contributed by atoms with Crippen molar-refractivity contribution in [3.8, 4) is 0 Å². The minimum absolute atomic E-state index is 0.168. The molecule has 1 amide bonds. The maximum absolute atomic E-state index is 11.1. The summed E-state index contributed by atoms with van der Waals surface area (Å²) in [6.45, 7) is 4.79. The topological polar surface area (TPSA) is 53.6 Å². The number of hydrogen-bond acceptors (Lipinski definition) is 4. The summed E-state index contributed by atoms with van der Waals surface area (Å²) in [4.78, 5) is 13.1. The predicted molar refractivity (Wildman–Crippen MR) is 86.2 cm³/mol. The van der Waals surface area contributed by atoms with Crippen LogP contribution in [0.4, 0.5) is 4.79 Å². The molecular weight excluding hydrogens is 290 g/mol. The summed E-state index contributed by atoms with van der Waals surface area (Å²) in [5, 5.41) is 6.60. The number of nitrogens with zero attached hydrogens (tertiary/aromatic N) is 1. The van der Waals surface area contributed by atoms with Crippen molar-refractivity contribution >= 4 is 17.7 Å². The number of methoxy groups -OCH3 is 1. The molecule has 0 radical (unpaired) electrons. The summed E-state index contributed by atoms with van der Waals surface area (Å²) in [5.41, 5.74) is 1.22. The number of halogens is 1. The van der Waals surface area contributed by atoms with E-state index in [4.69, 9.17) is 11.6 Å². The molecule has 0 aromatic rings. The molecule has 1 aliphatic rings. The molecule has 0 fully saturated rings. The van der Waals surface area contributed by atoms with E-state index in [0.717, 1.165) is 18.1 Å². The van der Waals surface area contributed by atoms with Gasteiger partial charge in [-0.05, 0) is 12.6 Å². The molecule has 1 rings (SSSR count). The number of carbonyl (C=O) groups is 1. The van der Waals surface area contributed by atoms with Crippen molar-refractivity contribution < 1.29 is 9.53 Å². The van der Waals surface area contributed by atoms with Crippen LogP contribution in [-0.2, 0) is 4.74 Å². The summed E-state index contributed by atoms with van der Waals surface area (Å²) in [6, 6.07) is 0. The summed E-state index contributed by atoms with van der Waals surface area (Å²) >= 11 is 6.32. The number of likely N-dealkylation sites (N-methyl/N-ethyl adjacent to an activating group) is 1. The lowest BCUT2D eigenvalue weighted by atomic mass is 10.1. The standard InChI is InChI=1S/C15H24ClN3O2/c1-12-4-5-13(10-17-2)6-8-19(11-14(12)16)9-7-18-15(20)21-3/h4-6,11-12,17H,7-10H2,1-3H3,(H,18,20)/b5-4-,13-6+,14-11+. The third kappa shape index (κ3) is 6.69.